The first kappa shape index (κ1) is 35.8. The summed E-state index contributed by atoms with van der Waals surface area (Å²) in [5.41, 5.74) is 7.13. The molecular weight excluding hydrogens is 610 g/mol. The quantitative estimate of drug-likeness (QED) is 0.276. The van der Waals surface area contributed by atoms with Crippen LogP contribution in [0.3, 0.4) is 0 Å². The first-order valence-electron chi connectivity index (χ1n) is 13.8. The minimum Gasteiger partial charge on any atom is -0.282 e. The Labute approximate surface area is 282 Å². The van der Waals surface area contributed by atoms with E-state index in [1.807, 2.05) is 88.6 Å². The Hall–Kier alpha value is -1.64. The van der Waals surface area contributed by atoms with Crippen LogP contribution in [0, 0.1) is 141 Å². The van der Waals surface area contributed by atoms with E-state index >= 15 is 0 Å². The molecule has 7 rings (SSSR count). The molecule has 0 spiro atoms. The van der Waals surface area contributed by atoms with E-state index in [2.05, 4.69) is 100 Å². The Morgan fingerprint density at radius 1 is 0.535 bits per heavy atom. The molecule has 4 aliphatic carbocycles. The first-order chi connectivity index (χ1) is 20.2. The third-order valence-electron chi connectivity index (χ3n) is 6.70. The molecule has 4 saturated carbocycles. The van der Waals surface area contributed by atoms with Gasteiger partial charge in [0.2, 0.25) is 5.62 Å². The molecule has 43 heavy (non-hydrogen) atoms. The molecule has 1 aromatic heterocycles. The van der Waals surface area contributed by atoms with Gasteiger partial charge in [0.1, 0.15) is 0 Å². The van der Waals surface area contributed by atoms with E-state index in [0.717, 1.165) is 40.0 Å². The predicted molar refractivity (Wildman–Crippen MR) is 167 cm³/mol. The molecule has 2 aromatic carbocycles. The second-order valence-electron chi connectivity index (χ2n) is 9.61. The number of hydrogen-bond acceptors (Lipinski definition) is 2. The van der Waals surface area contributed by atoms with Crippen LogP contribution in [-0.2, 0) is 34.1 Å². The minimum atomic E-state index is 0. The van der Waals surface area contributed by atoms with Crippen molar-refractivity contribution in [2.24, 2.45) is 4.99 Å². The van der Waals surface area contributed by atoms with E-state index in [-0.39, 0.29) is 34.1 Å². The van der Waals surface area contributed by atoms with Crippen LogP contribution in [0.2, 0.25) is 0 Å². The number of rotatable bonds is 4. The summed E-state index contributed by atoms with van der Waals surface area (Å²) in [6, 6.07) is 16.6. The van der Waals surface area contributed by atoms with Crippen LogP contribution in [-0.4, -0.2) is 9.55 Å². The van der Waals surface area contributed by atoms with E-state index in [0.29, 0.717) is 5.62 Å². The van der Waals surface area contributed by atoms with E-state index in [1.54, 1.807) is 0 Å². The Morgan fingerprint density at radius 2 is 1.00 bits per heavy atom. The fourth-order valence-electron chi connectivity index (χ4n) is 4.60. The van der Waals surface area contributed by atoms with Gasteiger partial charge in [0.25, 0.3) is 0 Å². The largest absolute Gasteiger partial charge is 2.00 e. The van der Waals surface area contributed by atoms with Gasteiger partial charge < -0.3 is 0 Å². The summed E-state index contributed by atoms with van der Waals surface area (Å²) in [5, 5.41) is 0. The van der Waals surface area contributed by atoms with Crippen molar-refractivity contribution in [2.75, 3.05) is 0 Å². The molecule has 212 valence electrons. The Bertz CT molecular complexity index is 1270. The number of aromatic nitrogens is 2. The van der Waals surface area contributed by atoms with Gasteiger partial charge in [-0.3, -0.25) is 4.57 Å². The van der Waals surface area contributed by atoms with Gasteiger partial charge in [0.05, 0.1) is 11.4 Å². The number of nitrogens with zero attached hydrogens (tertiary/aromatic N) is 3. The van der Waals surface area contributed by atoms with Gasteiger partial charge in [-0.25, -0.2) is 9.98 Å². The third-order valence-corrected chi connectivity index (χ3v) is 6.70. The van der Waals surface area contributed by atoms with Crippen molar-refractivity contribution in [3.05, 3.63) is 210 Å². The van der Waals surface area contributed by atoms with Crippen LogP contribution in [0.25, 0.3) is 5.69 Å². The number of hydrogen-bond donors (Lipinski definition) is 0. The van der Waals surface area contributed by atoms with Crippen molar-refractivity contribution >= 4 is 5.69 Å². The molecule has 0 bridgehead atoms. The second-order valence-corrected chi connectivity index (χ2v) is 9.61. The van der Waals surface area contributed by atoms with Crippen molar-refractivity contribution in [1.82, 2.24) is 9.55 Å². The maximum Gasteiger partial charge on any atom is 2.00 e. The second kappa shape index (κ2) is 19.0. The van der Waals surface area contributed by atoms with Gasteiger partial charge >= 0.3 is 34.1 Å². The number of benzene rings is 2. The fraction of sp³-hybridized carbons (Fsp3) is 0.0526. The molecule has 0 saturated heterocycles. The maximum absolute atomic E-state index is 5.00. The van der Waals surface area contributed by atoms with E-state index in [9.17, 15) is 0 Å². The fourth-order valence-corrected chi connectivity index (χ4v) is 4.60. The zero-order valence-electron chi connectivity index (χ0n) is 24.1. The standard InChI is InChI=1S/C28H23N3.2C5H5.2Fe/c1-20-11-3-9-17-25(20)30-28-29-19-24(22-13-5-6-14-22)27(23-15-7-8-16-23)31(28)26-18-10-4-12-21(26)2;2*1-2-4-5-3-1;;/h3-19H,1-2H3;2*1-5H;;/q;;;2*+2. The summed E-state index contributed by atoms with van der Waals surface area (Å²) in [6.45, 7) is 4.21. The summed E-state index contributed by atoms with van der Waals surface area (Å²) in [7, 11) is 0. The van der Waals surface area contributed by atoms with Crippen LogP contribution in [0.5, 0.6) is 0 Å². The summed E-state index contributed by atoms with van der Waals surface area (Å²) in [5.74, 6) is 2.29. The molecule has 4 fully saturated rings. The summed E-state index contributed by atoms with van der Waals surface area (Å²) < 4.78 is 2.19. The first-order valence-corrected chi connectivity index (χ1v) is 13.8. The summed E-state index contributed by atoms with van der Waals surface area (Å²) in [4.78, 5) is 9.86. The summed E-state index contributed by atoms with van der Waals surface area (Å²) in [6.07, 6.45) is 38.8. The smallest absolute Gasteiger partial charge is 0.282 e. The molecule has 3 aromatic rings. The van der Waals surface area contributed by atoms with Crippen molar-refractivity contribution in [3.8, 4) is 5.69 Å². The van der Waals surface area contributed by atoms with E-state index in [4.69, 9.17) is 9.98 Å². The third kappa shape index (κ3) is 9.92. The molecule has 5 heteroatoms. The zero-order valence-corrected chi connectivity index (χ0v) is 26.3. The molecule has 4 aliphatic rings. The van der Waals surface area contributed by atoms with Gasteiger partial charge in [-0.2, -0.15) is 0 Å². The van der Waals surface area contributed by atoms with Crippen molar-refractivity contribution in [3.63, 3.8) is 0 Å². The van der Waals surface area contributed by atoms with Crippen molar-refractivity contribution < 1.29 is 34.1 Å². The normalized spacial score (nSPS) is 18.7. The topological polar surface area (TPSA) is 30.2 Å². The molecule has 0 unspecified atom stereocenters. The van der Waals surface area contributed by atoms with Crippen LogP contribution in [0.15, 0.2) is 59.7 Å². The minimum absolute atomic E-state index is 0. The van der Waals surface area contributed by atoms with Crippen LogP contribution in [0.1, 0.15) is 22.4 Å². The molecule has 3 nitrogen and oxygen atoms in total. The Kier molecular flexibility index (Phi) is 15.8. The SMILES string of the molecule is Cc1ccccc1N=c1ncc([C]2[CH][CH][CH][CH]2)c([C]2[CH][CH][CH][CH]2)n1-c1ccccc1C.[CH]1[CH][CH][CH][CH]1.[CH]1[CH][CH][CH][CH]1.[Fe+2].[Fe+2]. The van der Waals surface area contributed by atoms with Gasteiger partial charge in [0, 0.05) is 23.7 Å². The molecule has 1 heterocycles. The predicted octanol–water partition coefficient (Wildman–Crippen LogP) is 7.27. The number of aryl methyl sites for hydroxylation is 2. The Morgan fingerprint density at radius 3 is 1.51 bits per heavy atom. The van der Waals surface area contributed by atoms with Gasteiger partial charge in [0.15, 0.2) is 0 Å². The van der Waals surface area contributed by atoms with E-state index in [1.165, 1.54) is 5.56 Å². The summed E-state index contributed by atoms with van der Waals surface area (Å²) >= 11 is 0. The van der Waals surface area contributed by atoms with Crippen LogP contribution < -0.4 is 5.62 Å². The van der Waals surface area contributed by atoms with Gasteiger partial charge in [-0.1, -0.05) is 36.4 Å². The molecular formula is C38H33Fe2N3+4. The van der Waals surface area contributed by atoms with Crippen LogP contribution >= 0.6 is 0 Å². The van der Waals surface area contributed by atoms with Crippen molar-refractivity contribution in [1.29, 1.82) is 0 Å². The molecule has 20 radical (unpaired) electrons. The molecule has 0 N–H and O–H groups in total. The zero-order chi connectivity index (χ0) is 28.3. The average molecular weight is 643 g/mol. The number of para-hydroxylation sites is 2. The Balaban J connectivity index is 0.000000358. The monoisotopic (exact) mass is 643 g/mol. The molecule has 0 atom stereocenters. The van der Waals surface area contributed by atoms with Crippen LogP contribution in [0.4, 0.5) is 5.69 Å². The maximum atomic E-state index is 5.00. The van der Waals surface area contributed by atoms with E-state index < -0.39 is 0 Å². The average Bonchev–Trinajstić information content (AvgIpc) is 3.84. The molecule has 0 aliphatic heterocycles. The van der Waals surface area contributed by atoms with Gasteiger partial charge in [-0.05, 0) is 158 Å². The molecule has 0 amide bonds. The van der Waals surface area contributed by atoms with Gasteiger partial charge in [-0.15, -0.1) is 0 Å². The van der Waals surface area contributed by atoms with Crippen molar-refractivity contribution in [2.45, 2.75) is 13.8 Å².